The van der Waals surface area contributed by atoms with Crippen LogP contribution in [0.3, 0.4) is 0 Å². The quantitative estimate of drug-likeness (QED) is 0.554. The molecule has 0 spiro atoms. The van der Waals surface area contributed by atoms with Gasteiger partial charge in [-0.1, -0.05) is 15.9 Å². The van der Waals surface area contributed by atoms with Crippen molar-refractivity contribution in [2.75, 3.05) is 23.4 Å². The fraction of sp³-hybridized carbons (Fsp3) is 0.438. The maximum absolute atomic E-state index is 12.0. The fourth-order valence-corrected chi connectivity index (χ4v) is 3.48. The van der Waals surface area contributed by atoms with E-state index in [0.717, 1.165) is 15.7 Å². The first kappa shape index (κ1) is 18.8. The Labute approximate surface area is 153 Å². The lowest BCUT2D eigenvalue weighted by Crippen LogP contribution is -2.40. The van der Waals surface area contributed by atoms with Crippen LogP contribution in [-0.4, -0.2) is 46.3 Å². The zero-order valence-electron chi connectivity index (χ0n) is 13.8. The summed E-state index contributed by atoms with van der Waals surface area (Å²) in [5.41, 5.74) is 0.905. The zero-order chi connectivity index (χ0) is 17.9. The second-order valence-corrected chi connectivity index (χ2v) is 8.09. The lowest BCUT2D eigenvalue weighted by molar-refractivity contribution is -0.130. The summed E-state index contributed by atoms with van der Waals surface area (Å²) in [6, 6.07) is 5.27. The highest BCUT2D eigenvalue weighted by atomic mass is 79.9. The highest BCUT2D eigenvalue weighted by molar-refractivity contribution is 9.10. The predicted octanol–water partition coefficient (Wildman–Crippen LogP) is 2.76. The molecule has 0 bridgehead atoms. The van der Waals surface area contributed by atoms with Gasteiger partial charge in [-0.3, -0.25) is 14.5 Å². The summed E-state index contributed by atoms with van der Waals surface area (Å²) < 4.78 is 0.962. The second kappa shape index (κ2) is 7.57. The Morgan fingerprint density at radius 1 is 1.38 bits per heavy atom. The number of hydrogen-bond donors (Lipinski definition) is 2. The highest BCUT2D eigenvalue weighted by Gasteiger charge is 2.43. The van der Waals surface area contributed by atoms with Gasteiger partial charge in [0.1, 0.15) is 5.54 Å². The number of anilines is 1. The van der Waals surface area contributed by atoms with Crippen molar-refractivity contribution in [2.24, 2.45) is 0 Å². The van der Waals surface area contributed by atoms with Gasteiger partial charge in [0.2, 0.25) is 5.91 Å². The molecule has 0 unspecified atom stereocenters. The largest absolute Gasteiger partial charge is 0.325 e. The molecular formula is C16H20BrN3O3S. The van der Waals surface area contributed by atoms with Crippen LogP contribution in [-0.2, 0) is 9.59 Å². The van der Waals surface area contributed by atoms with Gasteiger partial charge in [0, 0.05) is 22.5 Å². The van der Waals surface area contributed by atoms with Crippen LogP contribution in [0.2, 0.25) is 0 Å². The van der Waals surface area contributed by atoms with Gasteiger partial charge in [-0.15, -0.1) is 0 Å². The van der Waals surface area contributed by atoms with Crippen LogP contribution < -0.4 is 10.6 Å². The Bertz CT molecular complexity index is 679. The number of nitrogens with zero attached hydrogens (tertiary/aromatic N) is 1. The van der Waals surface area contributed by atoms with E-state index in [0.29, 0.717) is 12.3 Å². The molecule has 24 heavy (non-hydrogen) atoms. The van der Waals surface area contributed by atoms with E-state index in [4.69, 9.17) is 0 Å². The molecule has 1 aromatic carbocycles. The first-order valence-electron chi connectivity index (χ1n) is 7.48. The van der Waals surface area contributed by atoms with Crippen molar-refractivity contribution in [3.8, 4) is 0 Å². The van der Waals surface area contributed by atoms with Gasteiger partial charge in [-0.05, 0) is 44.5 Å². The zero-order valence-corrected chi connectivity index (χ0v) is 16.2. The molecule has 0 aliphatic carbocycles. The number of amides is 4. The van der Waals surface area contributed by atoms with Gasteiger partial charge in [0.05, 0.1) is 5.75 Å². The van der Waals surface area contributed by atoms with Crippen molar-refractivity contribution in [3.05, 3.63) is 28.2 Å². The number of aryl methyl sites for hydroxylation is 1. The lowest BCUT2D eigenvalue weighted by Gasteiger charge is -2.15. The number of carbonyl (C=O) groups excluding carboxylic acids is 3. The topological polar surface area (TPSA) is 78.5 Å². The molecule has 8 heteroatoms. The smallest absolute Gasteiger partial charge is 0.325 e. The maximum Gasteiger partial charge on any atom is 0.325 e. The van der Waals surface area contributed by atoms with Crippen molar-refractivity contribution < 1.29 is 14.4 Å². The molecule has 2 N–H and O–H groups in total. The number of carbonyl (C=O) groups is 3. The third kappa shape index (κ3) is 4.51. The Hall–Kier alpha value is -1.54. The molecule has 1 heterocycles. The molecule has 0 atom stereocenters. The van der Waals surface area contributed by atoms with E-state index >= 15 is 0 Å². The summed E-state index contributed by atoms with van der Waals surface area (Å²) in [4.78, 5) is 36.9. The van der Waals surface area contributed by atoms with Gasteiger partial charge in [-0.25, -0.2) is 4.79 Å². The van der Waals surface area contributed by atoms with Crippen LogP contribution in [0.5, 0.6) is 0 Å². The number of thioether (sulfide) groups is 1. The maximum atomic E-state index is 12.0. The third-order valence-corrected chi connectivity index (χ3v) is 5.03. The van der Waals surface area contributed by atoms with Gasteiger partial charge in [-0.2, -0.15) is 11.8 Å². The van der Waals surface area contributed by atoms with Crippen LogP contribution in [0.1, 0.15) is 19.4 Å². The molecule has 0 aromatic heterocycles. The number of rotatable bonds is 6. The normalized spacial score (nSPS) is 16.2. The Morgan fingerprint density at radius 3 is 2.67 bits per heavy atom. The summed E-state index contributed by atoms with van der Waals surface area (Å²) in [7, 11) is 0. The third-order valence-electron chi connectivity index (χ3n) is 3.60. The number of benzene rings is 1. The number of nitrogens with one attached hydrogen (secondary N) is 2. The minimum Gasteiger partial charge on any atom is -0.325 e. The SMILES string of the molecule is Cc1cc(Br)ccc1NC(=O)CSCCN1C(=O)NC(C)(C)C1=O. The average Bonchev–Trinajstić information content (AvgIpc) is 2.67. The molecule has 0 saturated carbocycles. The van der Waals surface area contributed by atoms with Crippen molar-refractivity contribution >= 4 is 51.2 Å². The van der Waals surface area contributed by atoms with E-state index in [1.807, 2.05) is 25.1 Å². The molecule has 4 amide bonds. The molecule has 1 aliphatic heterocycles. The fourth-order valence-electron chi connectivity index (χ4n) is 2.30. The molecule has 1 saturated heterocycles. The molecule has 130 valence electrons. The van der Waals surface area contributed by atoms with Crippen molar-refractivity contribution in [1.29, 1.82) is 0 Å². The molecule has 1 aliphatic rings. The molecule has 1 aromatic rings. The van der Waals surface area contributed by atoms with Crippen molar-refractivity contribution in [1.82, 2.24) is 10.2 Å². The first-order chi connectivity index (χ1) is 11.2. The summed E-state index contributed by atoms with van der Waals surface area (Å²) in [5, 5.41) is 5.49. The van der Waals surface area contributed by atoms with Crippen molar-refractivity contribution in [2.45, 2.75) is 26.3 Å². The Kier molecular flexibility index (Phi) is 5.92. The lowest BCUT2D eigenvalue weighted by atomic mass is 10.1. The van der Waals surface area contributed by atoms with Gasteiger partial charge < -0.3 is 10.6 Å². The number of imide groups is 1. The highest BCUT2D eigenvalue weighted by Crippen LogP contribution is 2.20. The van der Waals surface area contributed by atoms with Crippen LogP contribution in [0.15, 0.2) is 22.7 Å². The minimum atomic E-state index is -0.849. The molecule has 0 radical (unpaired) electrons. The van der Waals surface area contributed by atoms with E-state index in [1.165, 1.54) is 16.7 Å². The van der Waals surface area contributed by atoms with E-state index in [9.17, 15) is 14.4 Å². The van der Waals surface area contributed by atoms with Crippen LogP contribution in [0.4, 0.5) is 10.5 Å². The van der Waals surface area contributed by atoms with Gasteiger partial charge in [0.15, 0.2) is 0 Å². The van der Waals surface area contributed by atoms with Gasteiger partial charge in [0.25, 0.3) is 5.91 Å². The Morgan fingerprint density at radius 2 is 2.08 bits per heavy atom. The number of hydrogen-bond acceptors (Lipinski definition) is 4. The summed E-state index contributed by atoms with van der Waals surface area (Å²) in [6.45, 7) is 5.57. The molecular weight excluding hydrogens is 394 g/mol. The monoisotopic (exact) mass is 413 g/mol. The standard InChI is InChI=1S/C16H20BrN3O3S/c1-10-8-11(17)4-5-12(10)18-13(21)9-24-7-6-20-14(22)16(2,3)19-15(20)23/h4-5,8H,6-7,9H2,1-3H3,(H,18,21)(H,19,23). The van der Waals surface area contributed by atoms with E-state index < -0.39 is 5.54 Å². The summed E-state index contributed by atoms with van der Waals surface area (Å²) >= 11 is 4.77. The van der Waals surface area contributed by atoms with E-state index in [1.54, 1.807) is 13.8 Å². The van der Waals surface area contributed by atoms with Crippen LogP contribution >= 0.6 is 27.7 Å². The molecule has 2 rings (SSSR count). The number of halogens is 1. The van der Waals surface area contributed by atoms with E-state index in [-0.39, 0.29) is 23.6 Å². The predicted molar refractivity (Wildman–Crippen MR) is 99.2 cm³/mol. The molecule has 6 nitrogen and oxygen atoms in total. The molecule has 1 fully saturated rings. The van der Waals surface area contributed by atoms with Crippen molar-refractivity contribution in [3.63, 3.8) is 0 Å². The summed E-state index contributed by atoms with van der Waals surface area (Å²) in [6.07, 6.45) is 0. The van der Waals surface area contributed by atoms with Gasteiger partial charge >= 0.3 is 6.03 Å². The minimum absolute atomic E-state index is 0.108. The Balaban J connectivity index is 1.75. The van der Waals surface area contributed by atoms with E-state index in [2.05, 4.69) is 26.6 Å². The first-order valence-corrected chi connectivity index (χ1v) is 9.43. The average molecular weight is 414 g/mol. The second-order valence-electron chi connectivity index (χ2n) is 6.07. The summed E-state index contributed by atoms with van der Waals surface area (Å²) in [5.74, 6) is 0.441. The van der Waals surface area contributed by atoms with Crippen LogP contribution in [0, 0.1) is 6.92 Å². The van der Waals surface area contributed by atoms with Crippen LogP contribution in [0.25, 0.3) is 0 Å². The number of urea groups is 1.